The van der Waals surface area contributed by atoms with Gasteiger partial charge in [-0.25, -0.2) is 0 Å². The maximum absolute atomic E-state index is 12.5. The average molecular weight is 297 g/mol. The van der Waals surface area contributed by atoms with Gasteiger partial charge < -0.3 is 10.8 Å². The van der Waals surface area contributed by atoms with Gasteiger partial charge >= 0.3 is 0 Å². The second-order valence-corrected chi connectivity index (χ2v) is 5.92. The number of allylic oxidation sites excluding steroid dienone is 1. The Kier molecular flexibility index (Phi) is 3.82. The molecule has 2 aromatic rings. The molecule has 1 aliphatic rings. The van der Waals surface area contributed by atoms with Gasteiger partial charge in [0.1, 0.15) is 0 Å². The number of anilines is 1. The number of thioether (sulfide) groups is 1. The molecule has 3 rings (SSSR count). The number of carbonyl (C=O) groups is 1. The van der Waals surface area contributed by atoms with Gasteiger partial charge in [-0.05, 0) is 29.7 Å². The lowest BCUT2D eigenvalue weighted by Crippen LogP contribution is -2.05. The van der Waals surface area contributed by atoms with E-state index in [4.69, 9.17) is 10.8 Å². The first-order valence-electron chi connectivity index (χ1n) is 6.72. The summed E-state index contributed by atoms with van der Waals surface area (Å²) in [6, 6.07) is 13.5. The summed E-state index contributed by atoms with van der Waals surface area (Å²) in [5.41, 5.74) is 8.99. The second-order valence-electron chi connectivity index (χ2n) is 4.84. The molecule has 106 valence electrons. The fraction of sp³-hybridized carbons (Fsp3) is 0.118. The van der Waals surface area contributed by atoms with Gasteiger partial charge in [-0.15, -0.1) is 0 Å². The zero-order chi connectivity index (χ0) is 14.8. The highest BCUT2D eigenvalue weighted by atomic mass is 32.2. The smallest absolute Gasteiger partial charge is 0.202 e. The third-order valence-electron chi connectivity index (χ3n) is 3.45. The summed E-state index contributed by atoms with van der Waals surface area (Å²) in [6.07, 6.45) is 2.35. The second kappa shape index (κ2) is 5.76. The lowest BCUT2D eigenvalue weighted by atomic mass is 10.0. The van der Waals surface area contributed by atoms with Gasteiger partial charge in [0.2, 0.25) is 5.78 Å². The van der Waals surface area contributed by atoms with Crippen molar-refractivity contribution in [2.75, 3.05) is 12.3 Å². The third kappa shape index (κ3) is 2.60. The van der Waals surface area contributed by atoms with E-state index in [2.05, 4.69) is 0 Å². The average Bonchev–Trinajstić information content (AvgIpc) is 2.80. The van der Waals surface area contributed by atoms with E-state index in [1.165, 1.54) is 11.8 Å². The highest BCUT2D eigenvalue weighted by molar-refractivity contribution is 8.04. The molecule has 0 amide bonds. The molecule has 0 bridgehead atoms. The summed E-state index contributed by atoms with van der Waals surface area (Å²) in [5, 5.41) is 9.05. The number of aliphatic hydroxyl groups is 1. The van der Waals surface area contributed by atoms with Gasteiger partial charge in [-0.1, -0.05) is 48.2 Å². The first-order chi connectivity index (χ1) is 10.2. The molecule has 0 fully saturated rings. The number of rotatable bonds is 3. The molecule has 1 heterocycles. The van der Waals surface area contributed by atoms with Gasteiger partial charge in [-0.3, -0.25) is 4.79 Å². The number of fused-ring (bicyclic) bond motifs is 1. The molecular weight excluding hydrogens is 282 g/mol. The summed E-state index contributed by atoms with van der Waals surface area (Å²) in [7, 11) is 0. The Morgan fingerprint density at radius 2 is 1.90 bits per heavy atom. The number of ketones is 1. The minimum absolute atomic E-state index is 0.0248. The van der Waals surface area contributed by atoms with Gasteiger partial charge in [0.15, 0.2) is 0 Å². The van der Waals surface area contributed by atoms with Crippen molar-refractivity contribution in [1.82, 2.24) is 0 Å². The molecule has 0 aliphatic carbocycles. The summed E-state index contributed by atoms with van der Waals surface area (Å²) >= 11 is 1.45. The molecule has 0 unspecified atom stereocenters. The van der Waals surface area contributed by atoms with Crippen LogP contribution in [0.15, 0.2) is 52.3 Å². The quantitative estimate of drug-likeness (QED) is 0.675. The van der Waals surface area contributed by atoms with Crippen LogP contribution in [-0.4, -0.2) is 17.5 Å². The van der Waals surface area contributed by atoms with E-state index in [-0.39, 0.29) is 12.4 Å². The van der Waals surface area contributed by atoms with E-state index in [0.717, 1.165) is 16.0 Å². The van der Waals surface area contributed by atoms with E-state index >= 15 is 0 Å². The van der Waals surface area contributed by atoms with Crippen LogP contribution in [-0.2, 0) is 6.42 Å². The molecule has 0 atom stereocenters. The third-order valence-corrected chi connectivity index (χ3v) is 4.53. The van der Waals surface area contributed by atoms with Crippen LogP contribution in [0.3, 0.4) is 0 Å². The van der Waals surface area contributed by atoms with Crippen molar-refractivity contribution in [3.63, 3.8) is 0 Å². The van der Waals surface area contributed by atoms with Crippen LogP contribution in [0.2, 0.25) is 0 Å². The fourth-order valence-corrected chi connectivity index (χ4v) is 3.45. The highest BCUT2D eigenvalue weighted by Gasteiger charge is 2.29. The maximum Gasteiger partial charge on any atom is 0.202 e. The first kappa shape index (κ1) is 13.9. The van der Waals surface area contributed by atoms with Crippen molar-refractivity contribution >= 4 is 29.3 Å². The molecule has 0 spiro atoms. The first-order valence-corrected chi connectivity index (χ1v) is 7.54. The number of benzene rings is 2. The Morgan fingerprint density at radius 3 is 2.62 bits per heavy atom. The molecule has 4 heteroatoms. The molecule has 0 saturated carbocycles. The number of nitrogen functional groups attached to an aromatic ring is 1. The zero-order valence-electron chi connectivity index (χ0n) is 11.4. The van der Waals surface area contributed by atoms with Crippen LogP contribution in [0.4, 0.5) is 5.69 Å². The highest BCUT2D eigenvalue weighted by Crippen LogP contribution is 2.44. The van der Waals surface area contributed by atoms with Crippen LogP contribution < -0.4 is 5.73 Å². The normalized spacial score (nSPS) is 15.5. The van der Waals surface area contributed by atoms with Gasteiger partial charge in [0, 0.05) is 17.2 Å². The summed E-state index contributed by atoms with van der Waals surface area (Å²) in [4.78, 5) is 14.1. The van der Waals surface area contributed by atoms with E-state index in [1.807, 2.05) is 48.5 Å². The number of hydrogen-bond donors (Lipinski definition) is 2. The number of hydrogen-bond acceptors (Lipinski definition) is 4. The minimum atomic E-state index is -0.0313. The summed E-state index contributed by atoms with van der Waals surface area (Å²) in [5.74, 6) is -0.0313. The zero-order valence-corrected chi connectivity index (χ0v) is 12.2. The van der Waals surface area contributed by atoms with Crippen LogP contribution >= 0.6 is 11.8 Å². The van der Waals surface area contributed by atoms with Crippen molar-refractivity contribution in [3.8, 4) is 0 Å². The van der Waals surface area contributed by atoms with Crippen LogP contribution in [0.1, 0.15) is 21.5 Å². The number of aliphatic hydroxyl groups excluding tert-OH is 1. The molecule has 1 aliphatic heterocycles. The lowest BCUT2D eigenvalue weighted by molar-refractivity contribution is 0.104. The maximum atomic E-state index is 12.5. The van der Waals surface area contributed by atoms with Crippen molar-refractivity contribution in [2.45, 2.75) is 11.3 Å². The van der Waals surface area contributed by atoms with Crippen LogP contribution in [0.25, 0.3) is 6.08 Å². The topological polar surface area (TPSA) is 63.3 Å². The lowest BCUT2D eigenvalue weighted by Gasteiger charge is -2.07. The Hall–Kier alpha value is -2.04. The fourth-order valence-electron chi connectivity index (χ4n) is 2.38. The molecule has 3 nitrogen and oxygen atoms in total. The van der Waals surface area contributed by atoms with E-state index in [9.17, 15) is 4.79 Å². The Labute approximate surface area is 127 Å². The minimum Gasteiger partial charge on any atom is -0.398 e. The Balaban J connectivity index is 2.00. The Morgan fingerprint density at radius 1 is 1.14 bits per heavy atom. The van der Waals surface area contributed by atoms with Crippen LogP contribution in [0, 0.1) is 0 Å². The van der Waals surface area contributed by atoms with Crippen molar-refractivity contribution < 1.29 is 9.90 Å². The Bertz CT molecular complexity index is 723. The summed E-state index contributed by atoms with van der Waals surface area (Å²) < 4.78 is 0. The van der Waals surface area contributed by atoms with Crippen molar-refractivity contribution in [1.29, 1.82) is 0 Å². The number of Topliss-reactive ketones (excluding diaryl/α,β-unsaturated/α-hetero) is 1. The van der Waals surface area contributed by atoms with Gasteiger partial charge in [0.05, 0.1) is 10.5 Å². The van der Waals surface area contributed by atoms with E-state index in [1.54, 1.807) is 0 Å². The molecule has 0 saturated heterocycles. The largest absolute Gasteiger partial charge is 0.398 e. The van der Waals surface area contributed by atoms with E-state index < -0.39 is 0 Å². The molecule has 3 N–H and O–H groups in total. The molecule has 21 heavy (non-hydrogen) atoms. The SMILES string of the molecule is Nc1c(CCO)ccc2c1C(=O)C(=Cc1ccccc1)S2. The molecule has 0 aromatic heterocycles. The van der Waals surface area contributed by atoms with Gasteiger partial charge in [-0.2, -0.15) is 0 Å². The standard InChI is InChI=1S/C17H15NO2S/c18-16-12(8-9-19)6-7-13-15(16)17(20)14(21-13)10-11-4-2-1-3-5-11/h1-7,10,19H,8-9,18H2. The van der Waals surface area contributed by atoms with Gasteiger partial charge in [0.25, 0.3) is 0 Å². The molecular formula is C17H15NO2S. The predicted octanol–water partition coefficient (Wildman–Crippen LogP) is 3.13. The van der Waals surface area contributed by atoms with Crippen molar-refractivity contribution in [2.24, 2.45) is 0 Å². The number of nitrogens with two attached hydrogens (primary N) is 1. The van der Waals surface area contributed by atoms with E-state index in [0.29, 0.717) is 22.6 Å². The predicted molar refractivity (Wildman–Crippen MR) is 86.3 cm³/mol. The monoisotopic (exact) mass is 297 g/mol. The van der Waals surface area contributed by atoms with Crippen LogP contribution in [0.5, 0.6) is 0 Å². The molecule has 2 aromatic carbocycles. The summed E-state index contributed by atoms with van der Waals surface area (Å²) in [6.45, 7) is 0.0248. The molecule has 0 radical (unpaired) electrons. The van der Waals surface area contributed by atoms with Crippen molar-refractivity contribution in [3.05, 3.63) is 64.1 Å². The number of carbonyl (C=O) groups excluding carboxylic acids is 1.